The zero-order valence-corrected chi connectivity index (χ0v) is 12.2. The van der Waals surface area contributed by atoms with Crippen LogP contribution in [0, 0.1) is 6.92 Å². The highest BCUT2D eigenvalue weighted by Crippen LogP contribution is 2.15. The van der Waals surface area contributed by atoms with E-state index in [2.05, 4.69) is 5.32 Å². The molecule has 17 heavy (non-hydrogen) atoms. The first-order valence-corrected chi connectivity index (χ1v) is 7.39. The third-order valence-electron chi connectivity index (χ3n) is 2.58. The van der Waals surface area contributed by atoms with Crippen molar-refractivity contribution in [2.75, 3.05) is 18.6 Å². The number of hydrogen-bond donors (Lipinski definition) is 2. The SMILES string of the molecule is CSCC(C)(O)CNCc1ccc(Cl)cc1C. The molecule has 1 unspecified atom stereocenters. The van der Waals surface area contributed by atoms with Crippen LogP contribution in [-0.2, 0) is 6.54 Å². The molecule has 0 aliphatic rings. The molecular weight excluding hydrogens is 254 g/mol. The highest BCUT2D eigenvalue weighted by molar-refractivity contribution is 7.98. The van der Waals surface area contributed by atoms with Gasteiger partial charge >= 0.3 is 0 Å². The third kappa shape index (κ3) is 5.30. The summed E-state index contributed by atoms with van der Waals surface area (Å²) in [5, 5.41) is 14.0. The molecule has 0 fully saturated rings. The highest BCUT2D eigenvalue weighted by atomic mass is 35.5. The molecule has 1 aromatic carbocycles. The van der Waals surface area contributed by atoms with Crippen molar-refractivity contribution in [2.45, 2.75) is 26.0 Å². The highest BCUT2D eigenvalue weighted by Gasteiger charge is 2.18. The Bertz CT molecular complexity index is 368. The Balaban J connectivity index is 2.46. The number of hydrogen-bond acceptors (Lipinski definition) is 3. The average Bonchev–Trinajstić information content (AvgIpc) is 2.21. The Morgan fingerprint density at radius 1 is 1.47 bits per heavy atom. The van der Waals surface area contributed by atoms with E-state index in [1.807, 2.05) is 38.3 Å². The van der Waals surface area contributed by atoms with Gasteiger partial charge in [0.1, 0.15) is 0 Å². The second-order valence-electron chi connectivity index (χ2n) is 4.60. The van der Waals surface area contributed by atoms with Gasteiger partial charge in [-0.25, -0.2) is 0 Å². The summed E-state index contributed by atoms with van der Waals surface area (Å²) in [4.78, 5) is 0. The van der Waals surface area contributed by atoms with E-state index in [-0.39, 0.29) is 0 Å². The molecular formula is C13H20ClNOS. The normalized spacial score (nSPS) is 14.6. The van der Waals surface area contributed by atoms with Crippen LogP contribution in [0.1, 0.15) is 18.1 Å². The number of halogens is 1. The number of rotatable bonds is 6. The fourth-order valence-electron chi connectivity index (χ4n) is 1.69. The first-order valence-electron chi connectivity index (χ1n) is 5.62. The second-order valence-corrected chi connectivity index (χ2v) is 5.91. The minimum Gasteiger partial charge on any atom is -0.388 e. The van der Waals surface area contributed by atoms with Crippen molar-refractivity contribution in [1.82, 2.24) is 5.32 Å². The minimum atomic E-state index is -0.653. The maximum atomic E-state index is 10.0. The fraction of sp³-hybridized carbons (Fsp3) is 0.538. The molecule has 4 heteroatoms. The molecule has 0 saturated carbocycles. The van der Waals surface area contributed by atoms with Gasteiger partial charge in [-0.05, 0) is 43.4 Å². The Morgan fingerprint density at radius 2 is 2.18 bits per heavy atom. The molecule has 0 aliphatic heterocycles. The van der Waals surface area contributed by atoms with Gasteiger partial charge in [0.15, 0.2) is 0 Å². The molecule has 0 aromatic heterocycles. The Hall–Kier alpha value is -0.220. The lowest BCUT2D eigenvalue weighted by molar-refractivity contribution is 0.0846. The first-order chi connectivity index (χ1) is 7.94. The summed E-state index contributed by atoms with van der Waals surface area (Å²) in [5.74, 6) is 0.736. The quantitative estimate of drug-likeness (QED) is 0.836. The van der Waals surface area contributed by atoms with Crippen molar-refractivity contribution in [3.8, 4) is 0 Å². The second kappa shape index (κ2) is 6.64. The van der Waals surface area contributed by atoms with Crippen LogP contribution in [0.4, 0.5) is 0 Å². The van der Waals surface area contributed by atoms with Crippen LogP contribution in [0.15, 0.2) is 18.2 Å². The van der Waals surface area contributed by atoms with E-state index in [4.69, 9.17) is 11.6 Å². The van der Waals surface area contributed by atoms with Gasteiger partial charge in [-0.15, -0.1) is 0 Å². The molecule has 0 saturated heterocycles. The maximum Gasteiger partial charge on any atom is 0.0833 e. The molecule has 1 rings (SSSR count). The zero-order chi connectivity index (χ0) is 12.9. The van der Waals surface area contributed by atoms with Gasteiger partial charge in [0.05, 0.1) is 5.60 Å². The first kappa shape index (κ1) is 14.8. The Labute approximate surface area is 113 Å². The van der Waals surface area contributed by atoms with Crippen molar-refractivity contribution < 1.29 is 5.11 Å². The van der Waals surface area contributed by atoms with Crippen molar-refractivity contribution >= 4 is 23.4 Å². The van der Waals surface area contributed by atoms with Crippen molar-refractivity contribution in [3.63, 3.8) is 0 Å². The van der Waals surface area contributed by atoms with E-state index in [9.17, 15) is 5.11 Å². The lowest BCUT2D eigenvalue weighted by Gasteiger charge is -2.22. The molecule has 0 bridgehead atoms. The number of benzene rings is 1. The fourth-order valence-corrected chi connectivity index (χ4v) is 2.64. The summed E-state index contributed by atoms with van der Waals surface area (Å²) in [6.07, 6.45) is 2.00. The summed E-state index contributed by atoms with van der Waals surface area (Å²) in [6.45, 7) is 5.25. The molecule has 0 heterocycles. The van der Waals surface area contributed by atoms with Crippen molar-refractivity contribution in [2.24, 2.45) is 0 Å². The van der Waals surface area contributed by atoms with Crippen molar-refractivity contribution in [3.05, 3.63) is 34.3 Å². The van der Waals surface area contributed by atoms with Gasteiger partial charge in [0.25, 0.3) is 0 Å². The van der Waals surface area contributed by atoms with Crippen LogP contribution < -0.4 is 5.32 Å². The largest absolute Gasteiger partial charge is 0.388 e. The summed E-state index contributed by atoms with van der Waals surface area (Å²) < 4.78 is 0. The summed E-state index contributed by atoms with van der Waals surface area (Å²) >= 11 is 7.55. The molecule has 2 nitrogen and oxygen atoms in total. The van der Waals surface area contributed by atoms with E-state index in [0.717, 1.165) is 17.3 Å². The maximum absolute atomic E-state index is 10.0. The van der Waals surface area contributed by atoms with Crippen LogP contribution in [-0.4, -0.2) is 29.3 Å². The summed E-state index contributed by atoms with van der Waals surface area (Å²) in [5.41, 5.74) is 1.74. The van der Waals surface area contributed by atoms with Crippen molar-refractivity contribution in [1.29, 1.82) is 0 Å². The molecule has 1 aromatic rings. The lowest BCUT2D eigenvalue weighted by Crippen LogP contribution is -2.39. The Kier molecular flexibility index (Phi) is 5.80. The average molecular weight is 274 g/mol. The standard InChI is InChI=1S/C13H20ClNOS/c1-10-6-12(14)5-4-11(10)7-15-8-13(2,16)9-17-3/h4-6,15-16H,7-9H2,1-3H3. The predicted molar refractivity (Wildman–Crippen MR) is 76.9 cm³/mol. The van der Waals surface area contributed by atoms with Gasteiger partial charge in [-0.1, -0.05) is 17.7 Å². The lowest BCUT2D eigenvalue weighted by atomic mass is 10.1. The third-order valence-corrected chi connectivity index (χ3v) is 3.73. The van der Waals surface area contributed by atoms with E-state index >= 15 is 0 Å². The molecule has 0 spiro atoms. The molecule has 1 atom stereocenters. The van der Waals surface area contributed by atoms with Gasteiger partial charge in [-0.2, -0.15) is 11.8 Å². The zero-order valence-electron chi connectivity index (χ0n) is 10.6. The van der Waals surface area contributed by atoms with Gasteiger partial charge in [-0.3, -0.25) is 0 Å². The number of nitrogens with one attached hydrogen (secondary N) is 1. The molecule has 0 radical (unpaired) electrons. The smallest absolute Gasteiger partial charge is 0.0833 e. The van der Waals surface area contributed by atoms with E-state index in [1.165, 1.54) is 11.1 Å². The van der Waals surface area contributed by atoms with Gasteiger partial charge < -0.3 is 10.4 Å². The van der Waals surface area contributed by atoms with E-state index in [1.54, 1.807) is 11.8 Å². The minimum absolute atomic E-state index is 0.593. The van der Waals surface area contributed by atoms with Crippen LogP contribution in [0.2, 0.25) is 5.02 Å². The summed E-state index contributed by atoms with van der Waals surface area (Å²) in [7, 11) is 0. The van der Waals surface area contributed by atoms with Gasteiger partial charge in [0.2, 0.25) is 0 Å². The molecule has 2 N–H and O–H groups in total. The number of thioether (sulfide) groups is 1. The number of aliphatic hydroxyl groups is 1. The Morgan fingerprint density at radius 3 is 2.76 bits per heavy atom. The summed E-state index contributed by atoms with van der Waals surface area (Å²) in [6, 6.07) is 5.87. The van der Waals surface area contributed by atoms with Crippen LogP contribution in [0.5, 0.6) is 0 Å². The van der Waals surface area contributed by atoms with Crippen LogP contribution >= 0.6 is 23.4 Å². The van der Waals surface area contributed by atoms with Gasteiger partial charge in [0, 0.05) is 23.9 Å². The topological polar surface area (TPSA) is 32.3 Å². The molecule has 0 aliphatic carbocycles. The van der Waals surface area contributed by atoms with Crippen LogP contribution in [0.25, 0.3) is 0 Å². The molecule has 0 amide bonds. The predicted octanol–water partition coefficient (Wildman–Crippen LogP) is 2.85. The van der Waals surface area contributed by atoms with E-state index < -0.39 is 5.60 Å². The van der Waals surface area contributed by atoms with Crippen LogP contribution in [0.3, 0.4) is 0 Å². The monoisotopic (exact) mass is 273 g/mol. The van der Waals surface area contributed by atoms with E-state index in [0.29, 0.717) is 6.54 Å². The molecule has 96 valence electrons. The number of aryl methyl sites for hydroxylation is 1.